The number of hydrogen-bond donors (Lipinski definition) is 3. The molecule has 3 rings (SSSR count). The largest absolute Gasteiger partial charge is 0.495 e. The number of nitrogens with one attached hydrogen (secondary N) is 3. The van der Waals surface area contributed by atoms with Crippen molar-refractivity contribution in [2.24, 2.45) is 0 Å². The fraction of sp³-hybridized carbons (Fsp3) is 0.0625. The van der Waals surface area contributed by atoms with E-state index in [2.05, 4.69) is 15.3 Å². The first-order valence-corrected chi connectivity index (χ1v) is 7.20. The number of H-pyrrole nitrogens is 2. The molecule has 0 atom stereocenters. The number of fused-ring (bicyclic) bond motifs is 1. The fourth-order valence-corrected chi connectivity index (χ4v) is 2.46. The third kappa shape index (κ3) is 3.00. The molecule has 0 fully saturated rings. The van der Waals surface area contributed by atoms with Crippen molar-refractivity contribution in [3.8, 4) is 5.75 Å². The molecule has 0 bridgehead atoms. The Balaban J connectivity index is 1.98. The number of aromatic amines is 2. The Morgan fingerprint density at radius 1 is 1.17 bits per heavy atom. The molecule has 0 unspecified atom stereocenters. The second-order valence-corrected chi connectivity index (χ2v) is 5.23. The number of amides is 1. The van der Waals surface area contributed by atoms with Crippen LogP contribution in [0.2, 0.25) is 0 Å². The zero-order chi connectivity index (χ0) is 16.4. The van der Waals surface area contributed by atoms with E-state index in [1.165, 1.54) is 7.11 Å². The average molecular weight is 327 g/mol. The lowest BCUT2D eigenvalue weighted by atomic mass is 10.1. The first kappa shape index (κ1) is 15.0. The van der Waals surface area contributed by atoms with Crippen LogP contribution in [-0.2, 0) is 0 Å². The molecule has 0 spiro atoms. The van der Waals surface area contributed by atoms with Crippen molar-refractivity contribution < 1.29 is 9.53 Å². The van der Waals surface area contributed by atoms with Crippen molar-refractivity contribution >= 4 is 34.7 Å². The van der Waals surface area contributed by atoms with Crippen molar-refractivity contribution in [3.05, 3.63) is 63.2 Å². The van der Waals surface area contributed by atoms with Gasteiger partial charge in [-0.25, -0.2) is 0 Å². The summed E-state index contributed by atoms with van der Waals surface area (Å²) in [5.74, 6) is 0.258. The maximum absolute atomic E-state index is 12.4. The standard InChI is InChI=1S/C16H13N3O3S/c1-22-13-5-3-2-4-11(13)17-14(20)9-6-7-10-12(8-9)18-16(23)19-15(10)21/h2-8H,1H3,(H,17,20)(H2,18,19,21,23). The van der Waals surface area contributed by atoms with Crippen molar-refractivity contribution in [2.45, 2.75) is 0 Å². The predicted molar refractivity (Wildman–Crippen MR) is 90.7 cm³/mol. The minimum Gasteiger partial charge on any atom is -0.495 e. The fourth-order valence-electron chi connectivity index (χ4n) is 2.25. The maximum atomic E-state index is 12.4. The molecule has 2 aromatic carbocycles. The Kier molecular flexibility index (Phi) is 3.94. The second kappa shape index (κ2) is 6.05. The van der Waals surface area contributed by atoms with Crippen LogP contribution in [-0.4, -0.2) is 23.0 Å². The molecule has 0 aliphatic carbocycles. The van der Waals surface area contributed by atoms with Gasteiger partial charge in [0.05, 0.1) is 23.7 Å². The molecule has 7 heteroatoms. The van der Waals surface area contributed by atoms with Crippen LogP contribution in [0.1, 0.15) is 10.4 Å². The highest BCUT2D eigenvalue weighted by Gasteiger charge is 2.11. The van der Waals surface area contributed by atoms with Crippen LogP contribution in [0.25, 0.3) is 10.9 Å². The summed E-state index contributed by atoms with van der Waals surface area (Å²) in [5.41, 5.74) is 1.19. The number of benzene rings is 2. The summed E-state index contributed by atoms with van der Waals surface area (Å²) in [5, 5.41) is 3.22. The molecule has 0 radical (unpaired) electrons. The monoisotopic (exact) mass is 327 g/mol. The van der Waals surface area contributed by atoms with Gasteiger partial charge in [0.1, 0.15) is 5.75 Å². The lowest BCUT2D eigenvalue weighted by molar-refractivity contribution is 0.102. The smallest absolute Gasteiger partial charge is 0.259 e. The number of rotatable bonds is 3. The summed E-state index contributed by atoms with van der Waals surface area (Å²) >= 11 is 4.95. The quantitative estimate of drug-likeness (QED) is 0.646. The second-order valence-electron chi connectivity index (χ2n) is 4.82. The van der Waals surface area contributed by atoms with Gasteiger partial charge in [-0.2, -0.15) is 0 Å². The van der Waals surface area contributed by atoms with E-state index in [9.17, 15) is 9.59 Å². The molecule has 23 heavy (non-hydrogen) atoms. The molecule has 1 amide bonds. The molecule has 0 aliphatic rings. The van der Waals surface area contributed by atoms with E-state index in [0.29, 0.717) is 27.9 Å². The van der Waals surface area contributed by atoms with Crippen LogP contribution in [0.15, 0.2) is 47.3 Å². The summed E-state index contributed by atoms with van der Waals surface area (Å²) in [4.78, 5) is 29.6. The number of hydrogen-bond acceptors (Lipinski definition) is 4. The summed E-state index contributed by atoms with van der Waals surface area (Å²) in [6.45, 7) is 0. The van der Waals surface area contributed by atoms with E-state index in [4.69, 9.17) is 17.0 Å². The lowest BCUT2D eigenvalue weighted by Gasteiger charge is -2.10. The highest BCUT2D eigenvalue weighted by atomic mass is 32.1. The van der Waals surface area contributed by atoms with E-state index in [-0.39, 0.29) is 16.2 Å². The number of ether oxygens (including phenoxy) is 1. The van der Waals surface area contributed by atoms with E-state index < -0.39 is 0 Å². The summed E-state index contributed by atoms with van der Waals surface area (Å²) in [6, 6.07) is 11.9. The van der Waals surface area contributed by atoms with Gasteiger partial charge in [-0.3, -0.25) is 14.6 Å². The molecule has 1 heterocycles. The third-order valence-electron chi connectivity index (χ3n) is 3.36. The summed E-state index contributed by atoms with van der Waals surface area (Å²) < 4.78 is 5.42. The van der Waals surface area contributed by atoms with Crippen molar-refractivity contribution in [2.75, 3.05) is 12.4 Å². The average Bonchev–Trinajstić information content (AvgIpc) is 2.54. The molecule has 0 saturated heterocycles. The Labute approximate surface area is 136 Å². The van der Waals surface area contributed by atoms with Crippen LogP contribution < -0.4 is 15.6 Å². The molecular formula is C16H13N3O3S. The highest BCUT2D eigenvalue weighted by Crippen LogP contribution is 2.23. The molecule has 116 valence electrons. The van der Waals surface area contributed by atoms with Crippen LogP contribution in [0.4, 0.5) is 5.69 Å². The van der Waals surface area contributed by atoms with E-state index in [1.807, 2.05) is 6.07 Å². The van der Waals surface area contributed by atoms with Crippen LogP contribution in [0, 0.1) is 4.77 Å². The van der Waals surface area contributed by atoms with Gasteiger partial charge in [-0.05, 0) is 42.5 Å². The molecule has 3 aromatic rings. The Morgan fingerprint density at radius 3 is 2.74 bits per heavy atom. The summed E-state index contributed by atoms with van der Waals surface area (Å²) in [6.07, 6.45) is 0. The van der Waals surface area contributed by atoms with E-state index in [1.54, 1.807) is 36.4 Å². The number of aromatic nitrogens is 2. The van der Waals surface area contributed by atoms with Crippen molar-refractivity contribution in [3.63, 3.8) is 0 Å². The van der Waals surface area contributed by atoms with Crippen LogP contribution >= 0.6 is 12.2 Å². The first-order chi connectivity index (χ1) is 11.1. The summed E-state index contributed by atoms with van der Waals surface area (Å²) in [7, 11) is 1.54. The number of carbonyl (C=O) groups excluding carboxylic acids is 1. The van der Waals surface area contributed by atoms with Gasteiger partial charge < -0.3 is 15.0 Å². The molecular weight excluding hydrogens is 314 g/mol. The van der Waals surface area contributed by atoms with Gasteiger partial charge in [-0.1, -0.05) is 12.1 Å². The molecule has 6 nitrogen and oxygen atoms in total. The molecule has 1 aromatic heterocycles. The zero-order valence-corrected chi connectivity index (χ0v) is 13.0. The Morgan fingerprint density at radius 2 is 1.96 bits per heavy atom. The normalized spacial score (nSPS) is 10.5. The van der Waals surface area contributed by atoms with Gasteiger partial charge in [0.25, 0.3) is 11.5 Å². The highest BCUT2D eigenvalue weighted by molar-refractivity contribution is 7.71. The number of anilines is 1. The molecule has 3 N–H and O–H groups in total. The molecule has 0 saturated carbocycles. The van der Waals surface area contributed by atoms with Gasteiger partial charge in [-0.15, -0.1) is 0 Å². The maximum Gasteiger partial charge on any atom is 0.259 e. The van der Waals surface area contributed by atoms with Gasteiger partial charge in [0, 0.05) is 5.56 Å². The predicted octanol–water partition coefficient (Wildman–Crippen LogP) is 2.85. The van der Waals surface area contributed by atoms with Crippen LogP contribution in [0.3, 0.4) is 0 Å². The minimum atomic E-state index is -0.309. The Hall–Kier alpha value is -2.93. The van der Waals surface area contributed by atoms with Gasteiger partial charge in [0.15, 0.2) is 4.77 Å². The minimum absolute atomic E-state index is 0.213. The SMILES string of the molecule is COc1ccccc1NC(=O)c1ccc2c(=O)[nH]c(=S)[nH]c2c1. The zero-order valence-electron chi connectivity index (χ0n) is 12.2. The van der Waals surface area contributed by atoms with E-state index in [0.717, 1.165) is 0 Å². The lowest BCUT2D eigenvalue weighted by Crippen LogP contribution is -2.14. The third-order valence-corrected chi connectivity index (χ3v) is 3.56. The van der Waals surface area contributed by atoms with E-state index >= 15 is 0 Å². The Bertz CT molecular complexity index is 1010. The number of para-hydroxylation sites is 2. The van der Waals surface area contributed by atoms with Crippen molar-refractivity contribution in [1.82, 2.24) is 9.97 Å². The van der Waals surface area contributed by atoms with Gasteiger partial charge in [0.2, 0.25) is 0 Å². The van der Waals surface area contributed by atoms with Crippen molar-refractivity contribution in [1.29, 1.82) is 0 Å². The van der Waals surface area contributed by atoms with Gasteiger partial charge >= 0.3 is 0 Å². The topological polar surface area (TPSA) is 87.0 Å². The number of carbonyl (C=O) groups is 1. The number of methoxy groups -OCH3 is 1. The molecule has 0 aliphatic heterocycles. The first-order valence-electron chi connectivity index (χ1n) is 6.79. The van der Waals surface area contributed by atoms with Crippen LogP contribution in [0.5, 0.6) is 5.75 Å².